The molecule has 0 radical (unpaired) electrons. The maximum atomic E-state index is 9.53. The maximum absolute atomic E-state index is 9.53. The van der Waals surface area contributed by atoms with Crippen molar-refractivity contribution in [3.05, 3.63) is 58.7 Å². The van der Waals surface area contributed by atoms with E-state index >= 15 is 0 Å². The lowest BCUT2D eigenvalue weighted by atomic mass is 9.33. The minimum atomic E-state index is 0.126. The molecule has 0 aliphatic heterocycles. The Balaban J connectivity index is 1.37. The number of nitriles is 2. The van der Waals surface area contributed by atoms with Crippen LogP contribution in [0.2, 0.25) is 0 Å². The monoisotopic (exact) mass is 604 g/mol. The van der Waals surface area contributed by atoms with Crippen molar-refractivity contribution in [2.75, 3.05) is 0 Å². The van der Waals surface area contributed by atoms with E-state index in [9.17, 15) is 10.5 Å². The van der Waals surface area contributed by atoms with E-state index in [0.29, 0.717) is 22.7 Å². The first kappa shape index (κ1) is 30.7. The summed E-state index contributed by atoms with van der Waals surface area (Å²) in [7, 11) is 0. The second kappa shape index (κ2) is 12.0. The highest BCUT2D eigenvalue weighted by molar-refractivity contribution is 5.49. The van der Waals surface area contributed by atoms with E-state index in [-0.39, 0.29) is 10.8 Å². The quantitative estimate of drug-likeness (QED) is 0.267. The van der Waals surface area contributed by atoms with Gasteiger partial charge in [0, 0.05) is 0 Å². The molecule has 6 aliphatic carbocycles. The van der Waals surface area contributed by atoms with Crippen LogP contribution in [0, 0.1) is 33.9 Å². The molecule has 0 saturated heterocycles. The Morgan fingerprint density at radius 2 is 1.09 bits per heavy atom. The van der Waals surface area contributed by atoms with E-state index in [1.54, 1.807) is 0 Å². The van der Waals surface area contributed by atoms with Gasteiger partial charge in [-0.2, -0.15) is 0 Å². The van der Waals surface area contributed by atoms with Crippen LogP contribution in [-0.2, 0) is 10.8 Å². The average Bonchev–Trinajstić information content (AvgIpc) is 3.05. The Hall–Kier alpha value is -2.98. The number of rotatable bonds is 9. The van der Waals surface area contributed by atoms with Crippen molar-refractivity contribution in [1.29, 1.82) is 10.5 Å². The topological polar surface area (TPSA) is 66.0 Å². The van der Waals surface area contributed by atoms with E-state index in [0.717, 1.165) is 11.5 Å². The van der Waals surface area contributed by atoms with Crippen LogP contribution >= 0.6 is 0 Å². The molecule has 4 heteroatoms. The van der Waals surface area contributed by atoms with Gasteiger partial charge in [-0.15, -0.1) is 10.5 Å². The Bertz CT molecular complexity index is 1390. The van der Waals surface area contributed by atoms with Crippen LogP contribution in [0.3, 0.4) is 0 Å². The Morgan fingerprint density at radius 1 is 0.622 bits per heavy atom. The number of ether oxygens (including phenoxy) is 2. The molecule has 4 nitrogen and oxygen atoms in total. The summed E-state index contributed by atoms with van der Waals surface area (Å²) in [6, 6.07) is 14.0. The first-order valence-electron chi connectivity index (χ1n) is 18.3. The molecule has 45 heavy (non-hydrogen) atoms. The fourth-order valence-corrected chi connectivity index (χ4v) is 12.4. The van der Waals surface area contributed by atoms with E-state index in [1.807, 2.05) is 12.5 Å². The minimum absolute atomic E-state index is 0.126. The van der Waals surface area contributed by atoms with Crippen molar-refractivity contribution < 1.29 is 9.47 Å². The molecule has 2 atom stereocenters. The molecule has 0 amide bonds. The number of benzene rings is 2. The van der Waals surface area contributed by atoms with Gasteiger partial charge in [0.05, 0.1) is 0 Å². The summed E-state index contributed by atoms with van der Waals surface area (Å²) in [6.07, 6.45) is 27.9. The molecule has 6 saturated carbocycles. The summed E-state index contributed by atoms with van der Waals surface area (Å²) < 4.78 is 11.3. The van der Waals surface area contributed by atoms with E-state index in [4.69, 9.17) is 9.47 Å². The second-order valence-electron chi connectivity index (χ2n) is 16.3. The number of nitrogens with zero attached hydrogens (tertiary/aromatic N) is 2. The van der Waals surface area contributed by atoms with Gasteiger partial charge < -0.3 is 9.47 Å². The van der Waals surface area contributed by atoms with Gasteiger partial charge in [0.1, 0.15) is 11.5 Å². The van der Waals surface area contributed by atoms with Crippen molar-refractivity contribution >= 4 is 0 Å². The van der Waals surface area contributed by atoms with Crippen molar-refractivity contribution in [3.63, 3.8) is 0 Å². The van der Waals surface area contributed by atoms with E-state index in [2.05, 4.69) is 50.2 Å². The Kier molecular flexibility index (Phi) is 8.17. The molecule has 6 fully saturated rings. The molecule has 4 bridgehead atoms. The van der Waals surface area contributed by atoms with E-state index < -0.39 is 0 Å². The van der Waals surface area contributed by atoms with Crippen molar-refractivity contribution in [3.8, 4) is 24.0 Å². The van der Waals surface area contributed by atoms with Crippen LogP contribution < -0.4 is 9.47 Å². The minimum Gasteiger partial charge on any atom is -0.388 e. The largest absolute Gasteiger partial charge is 0.388 e. The van der Waals surface area contributed by atoms with Gasteiger partial charge in [0.15, 0.2) is 0 Å². The van der Waals surface area contributed by atoms with Crippen molar-refractivity contribution in [2.45, 2.75) is 159 Å². The summed E-state index contributed by atoms with van der Waals surface area (Å²) >= 11 is 0. The zero-order valence-corrected chi connectivity index (χ0v) is 27.8. The predicted octanol–water partition coefficient (Wildman–Crippen LogP) is 11.2. The van der Waals surface area contributed by atoms with Gasteiger partial charge in [0.25, 0.3) is 12.5 Å². The Morgan fingerprint density at radius 3 is 1.51 bits per heavy atom. The summed E-state index contributed by atoms with van der Waals surface area (Å²) in [5.41, 5.74) is 6.52. The molecule has 0 spiro atoms. The lowest BCUT2D eigenvalue weighted by Crippen LogP contribution is -2.64. The number of hydrogen-bond acceptors (Lipinski definition) is 4. The average molecular weight is 605 g/mol. The lowest BCUT2D eigenvalue weighted by molar-refractivity contribution is -0.146. The molecule has 8 rings (SSSR count). The summed E-state index contributed by atoms with van der Waals surface area (Å²) in [4.78, 5) is 0. The zero-order chi connectivity index (χ0) is 31.1. The first-order chi connectivity index (χ1) is 21.9. The van der Waals surface area contributed by atoms with Gasteiger partial charge in [-0.1, -0.05) is 89.5 Å². The van der Waals surface area contributed by atoms with Gasteiger partial charge in [-0.25, -0.2) is 0 Å². The molecule has 2 aromatic rings. The maximum Gasteiger partial charge on any atom is 0.292 e. The van der Waals surface area contributed by atoms with Crippen LogP contribution in [0.25, 0.3) is 0 Å². The molecule has 2 aromatic carbocycles. The molecule has 2 unspecified atom stereocenters. The van der Waals surface area contributed by atoms with Crippen molar-refractivity contribution in [1.82, 2.24) is 0 Å². The van der Waals surface area contributed by atoms with Crippen molar-refractivity contribution in [2.24, 2.45) is 10.8 Å². The third-order valence-corrected chi connectivity index (χ3v) is 13.5. The molecular formula is C41H52N2O2. The van der Waals surface area contributed by atoms with Crippen LogP contribution in [0.4, 0.5) is 0 Å². The first-order valence-corrected chi connectivity index (χ1v) is 18.3. The second-order valence-corrected chi connectivity index (χ2v) is 16.3. The lowest BCUT2D eigenvalue weighted by Gasteiger charge is -2.71. The zero-order valence-electron chi connectivity index (χ0n) is 27.8. The highest BCUT2D eigenvalue weighted by Crippen LogP contribution is 2.76. The van der Waals surface area contributed by atoms with Gasteiger partial charge in [0.2, 0.25) is 0 Å². The van der Waals surface area contributed by atoms with Crippen LogP contribution in [-0.4, -0.2) is 0 Å². The molecule has 238 valence electrons. The third-order valence-electron chi connectivity index (χ3n) is 13.5. The standard InChI is InChI=1S/C41H52N2O2/c1-3-19-39-22-38(4-2)23-40(25-39,32-15-17-36(44-28-42)34(20-32)30-11-7-5-8-12-30)27-41(24-38,26-39)33-16-18-37(45-29-43)35(21-33)31-13-9-6-10-14-31/h15-18,20-21,30-31H,3-14,19,22-27H2,1-2H3. The SMILES string of the molecule is CCCC12CC3(CC)CC(c4ccc(OC#N)c(C5CCCCC5)c4)(C1)CC(c1ccc(OC#N)c(C4CCCCC4)c1)(C3)C2. The van der Waals surface area contributed by atoms with Gasteiger partial charge >= 0.3 is 0 Å². The number of hydrogen-bond donors (Lipinski definition) is 0. The third kappa shape index (κ3) is 5.35. The molecule has 0 heterocycles. The normalized spacial score (nSPS) is 33.0. The van der Waals surface area contributed by atoms with Crippen LogP contribution in [0.1, 0.15) is 170 Å². The molecule has 0 aromatic heterocycles. The smallest absolute Gasteiger partial charge is 0.292 e. The highest BCUT2D eigenvalue weighted by Gasteiger charge is 2.68. The molecular weight excluding hydrogens is 552 g/mol. The summed E-state index contributed by atoms with van der Waals surface area (Å²) in [6.45, 7) is 4.85. The Labute approximate surface area is 271 Å². The fourth-order valence-electron chi connectivity index (χ4n) is 12.4. The molecule has 0 N–H and O–H groups in total. The van der Waals surface area contributed by atoms with Crippen LogP contribution in [0.5, 0.6) is 11.5 Å². The van der Waals surface area contributed by atoms with E-state index in [1.165, 1.54) is 144 Å². The van der Waals surface area contributed by atoms with Gasteiger partial charge in [-0.05, 0) is 139 Å². The van der Waals surface area contributed by atoms with Crippen LogP contribution in [0.15, 0.2) is 36.4 Å². The summed E-state index contributed by atoms with van der Waals surface area (Å²) in [5.74, 6) is 2.54. The fraction of sp³-hybridized carbons (Fsp3) is 0.659. The molecule has 6 aliphatic rings. The summed E-state index contributed by atoms with van der Waals surface area (Å²) in [5, 5.41) is 19.1. The highest BCUT2D eigenvalue weighted by atomic mass is 16.5. The van der Waals surface area contributed by atoms with Gasteiger partial charge in [-0.3, -0.25) is 0 Å². The predicted molar refractivity (Wildman–Crippen MR) is 178 cm³/mol.